The molecule has 1 aliphatic rings. The summed E-state index contributed by atoms with van der Waals surface area (Å²) in [6, 6.07) is 14.4. The summed E-state index contributed by atoms with van der Waals surface area (Å²) < 4.78 is 0. The van der Waals surface area contributed by atoms with Gasteiger partial charge in [-0.2, -0.15) is 10.5 Å². The molecule has 0 saturated heterocycles. The lowest BCUT2D eigenvalue weighted by atomic mass is 10.1. The van der Waals surface area contributed by atoms with Crippen LogP contribution in [0.15, 0.2) is 46.1 Å². The molecule has 0 atom stereocenters. The molecule has 5 rings (SSSR count). The summed E-state index contributed by atoms with van der Waals surface area (Å²) in [5.41, 5.74) is 3.78. The number of aromatic nitrogens is 1. The van der Waals surface area contributed by atoms with Crippen LogP contribution in [-0.2, 0) is 17.6 Å². The first kappa shape index (κ1) is 21.9. The molecule has 0 aliphatic heterocycles. The molecule has 0 saturated carbocycles. The van der Waals surface area contributed by atoms with Crippen LogP contribution in [0.25, 0.3) is 21.0 Å². The fourth-order valence-electron chi connectivity index (χ4n) is 3.82. The van der Waals surface area contributed by atoms with E-state index in [2.05, 4.69) is 17.5 Å². The average Bonchev–Trinajstić information content (AvgIpc) is 3.62. The predicted molar refractivity (Wildman–Crippen MR) is 136 cm³/mol. The number of hydrogen-bond acceptors (Lipinski definition) is 8. The van der Waals surface area contributed by atoms with E-state index in [0.717, 1.165) is 45.8 Å². The Hall–Kier alpha value is -2.95. The predicted octanol–water partition coefficient (Wildman–Crippen LogP) is 6.56. The van der Waals surface area contributed by atoms with Crippen LogP contribution in [0.3, 0.4) is 0 Å². The second-order valence-electron chi connectivity index (χ2n) is 7.31. The molecule has 1 amide bonds. The number of pyridine rings is 1. The second-order valence-corrected chi connectivity index (χ2v) is 11.3. The molecule has 4 heterocycles. The van der Waals surface area contributed by atoms with Crippen molar-refractivity contribution in [2.75, 3.05) is 11.1 Å². The number of carbonyl (C=O) groups is 1. The van der Waals surface area contributed by atoms with Gasteiger partial charge < -0.3 is 5.32 Å². The lowest BCUT2D eigenvalue weighted by molar-refractivity contribution is -0.113. The maximum Gasteiger partial charge on any atom is 0.235 e. The number of fused-ring (bicyclic) bond motifs is 1. The molecule has 4 aromatic heterocycles. The molecule has 162 valence electrons. The van der Waals surface area contributed by atoms with Crippen molar-refractivity contribution in [3.8, 4) is 33.2 Å². The maximum absolute atomic E-state index is 12.8. The number of rotatable bonds is 6. The third kappa shape index (κ3) is 4.33. The Bertz CT molecular complexity index is 1410. The van der Waals surface area contributed by atoms with E-state index in [4.69, 9.17) is 4.98 Å². The Morgan fingerprint density at radius 2 is 1.85 bits per heavy atom. The fraction of sp³-hybridized carbons (Fsp3) is 0.167. The average molecular weight is 505 g/mol. The van der Waals surface area contributed by atoms with Crippen LogP contribution in [0.4, 0.5) is 5.00 Å². The van der Waals surface area contributed by atoms with Crippen LogP contribution < -0.4 is 5.32 Å². The highest BCUT2D eigenvalue weighted by molar-refractivity contribution is 8.00. The second kappa shape index (κ2) is 9.50. The third-order valence-electron chi connectivity index (χ3n) is 5.28. The quantitative estimate of drug-likeness (QED) is 0.300. The van der Waals surface area contributed by atoms with Crippen molar-refractivity contribution in [1.82, 2.24) is 4.98 Å². The molecule has 0 spiro atoms. The number of thioether (sulfide) groups is 1. The highest BCUT2D eigenvalue weighted by Gasteiger charge is 2.23. The highest BCUT2D eigenvalue weighted by atomic mass is 32.2. The Kier molecular flexibility index (Phi) is 6.30. The van der Waals surface area contributed by atoms with Crippen LogP contribution in [0, 0.1) is 22.7 Å². The minimum Gasteiger partial charge on any atom is -0.316 e. The summed E-state index contributed by atoms with van der Waals surface area (Å²) in [7, 11) is 0. The third-order valence-corrected chi connectivity index (χ3v) is 9.26. The van der Waals surface area contributed by atoms with Gasteiger partial charge in [0.1, 0.15) is 22.2 Å². The number of amides is 1. The van der Waals surface area contributed by atoms with Gasteiger partial charge >= 0.3 is 0 Å². The lowest BCUT2D eigenvalue weighted by Gasteiger charge is -2.10. The minimum atomic E-state index is -0.207. The first-order valence-corrected chi connectivity index (χ1v) is 13.7. The van der Waals surface area contributed by atoms with Gasteiger partial charge in [-0.25, -0.2) is 4.98 Å². The van der Waals surface area contributed by atoms with E-state index in [1.807, 2.05) is 41.1 Å². The Labute approximate surface area is 207 Å². The van der Waals surface area contributed by atoms with Crippen molar-refractivity contribution in [3.63, 3.8) is 0 Å². The Balaban J connectivity index is 1.42. The van der Waals surface area contributed by atoms with Gasteiger partial charge in [-0.15, -0.1) is 34.0 Å². The number of thiophene rings is 3. The molecule has 9 heteroatoms. The van der Waals surface area contributed by atoms with E-state index in [1.165, 1.54) is 28.0 Å². The summed E-state index contributed by atoms with van der Waals surface area (Å²) in [6.07, 6.45) is 2.93. The molecule has 33 heavy (non-hydrogen) atoms. The van der Waals surface area contributed by atoms with Gasteiger partial charge in [-0.1, -0.05) is 23.9 Å². The Morgan fingerprint density at radius 3 is 2.55 bits per heavy atom. The number of hydrogen-bond donors (Lipinski definition) is 1. The van der Waals surface area contributed by atoms with Crippen molar-refractivity contribution in [3.05, 3.63) is 62.7 Å². The summed E-state index contributed by atoms with van der Waals surface area (Å²) in [6.45, 7) is 0. The maximum atomic E-state index is 12.8. The number of nitriles is 2. The van der Waals surface area contributed by atoms with Crippen LogP contribution in [0.5, 0.6) is 0 Å². The van der Waals surface area contributed by atoms with Crippen molar-refractivity contribution in [1.29, 1.82) is 10.5 Å². The van der Waals surface area contributed by atoms with Gasteiger partial charge in [-0.05, 0) is 53.8 Å². The summed E-state index contributed by atoms with van der Waals surface area (Å²) in [5.74, 6) is -0.103. The zero-order valence-electron chi connectivity index (χ0n) is 17.3. The normalized spacial score (nSPS) is 12.2. The molecule has 0 bridgehead atoms. The van der Waals surface area contributed by atoms with E-state index < -0.39 is 0 Å². The van der Waals surface area contributed by atoms with E-state index in [0.29, 0.717) is 21.2 Å². The van der Waals surface area contributed by atoms with Crippen LogP contribution >= 0.6 is 45.8 Å². The lowest BCUT2D eigenvalue weighted by Crippen LogP contribution is -2.14. The number of anilines is 1. The minimum absolute atomic E-state index is 0.104. The monoisotopic (exact) mass is 504 g/mol. The zero-order chi connectivity index (χ0) is 22.8. The summed E-state index contributed by atoms with van der Waals surface area (Å²) in [5, 5.41) is 27.5. The summed E-state index contributed by atoms with van der Waals surface area (Å²) in [4.78, 5) is 20.7. The molecule has 1 N–H and O–H groups in total. The highest BCUT2D eigenvalue weighted by Crippen LogP contribution is 2.39. The summed E-state index contributed by atoms with van der Waals surface area (Å²) >= 11 is 5.91. The fourth-order valence-corrected chi connectivity index (χ4v) is 7.31. The molecule has 4 aromatic rings. The molecular formula is C24H16N4OS4. The molecule has 0 unspecified atom stereocenters. The van der Waals surface area contributed by atoms with E-state index in [9.17, 15) is 15.3 Å². The molecule has 0 fully saturated rings. The SMILES string of the molecule is N#Cc1c(-c2cccs2)cc(-c2cccs2)nc1SCC(=O)Nc1sc2c(c1C#N)CCC2. The van der Waals surface area contributed by atoms with E-state index in [1.54, 1.807) is 22.7 Å². The standard InChI is InChI=1S/C24H16N4OS4/c25-11-16-14-4-1-5-20(14)33-24(16)28-22(29)13-32-23-17(12-26)15(19-6-2-8-30-19)10-18(27-23)21-7-3-9-31-21/h2-3,6-10H,1,4-5,13H2,(H,28,29). The van der Waals surface area contributed by atoms with Crippen LogP contribution in [-0.4, -0.2) is 16.6 Å². The first-order valence-electron chi connectivity index (χ1n) is 10.2. The largest absolute Gasteiger partial charge is 0.316 e. The smallest absolute Gasteiger partial charge is 0.235 e. The van der Waals surface area contributed by atoms with Crippen molar-refractivity contribution < 1.29 is 4.79 Å². The van der Waals surface area contributed by atoms with Gasteiger partial charge in [0.2, 0.25) is 5.91 Å². The molecule has 5 nitrogen and oxygen atoms in total. The molecular weight excluding hydrogens is 489 g/mol. The van der Waals surface area contributed by atoms with E-state index >= 15 is 0 Å². The van der Waals surface area contributed by atoms with Crippen molar-refractivity contribution in [2.24, 2.45) is 0 Å². The first-order chi connectivity index (χ1) is 16.2. The van der Waals surface area contributed by atoms with E-state index in [-0.39, 0.29) is 11.7 Å². The van der Waals surface area contributed by atoms with Crippen molar-refractivity contribution >= 4 is 56.7 Å². The van der Waals surface area contributed by atoms with Gasteiger partial charge in [0, 0.05) is 15.3 Å². The number of aryl methyl sites for hydroxylation is 1. The molecule has 1 aliphatic carbocycles. The van der Waals surface area contributed by atoms with Crippen LogP contribution in [0.1, 0.15) is 28.0 Å². The topological polar surface area (TPSA) is 89.6 Å². The van der Waals surface area contributed by atoms with Gasteiger partial charge in [-0.3, -0.25) is 4.79 Å². The number of nitrogens with one attached hydrogen (secondary N) is 1. The van der Waals surface area contributed by atoms with Gasteiger partial charge in [0.25, 0.3) is 0 Å². The molecule has 0 aromatic carbocycles. The van der Waals surface area contributed by atoms with Gasteiger partial charge in [0.05, 0.1) is 27.5 Å². The van der Waals surface area contributed by atoms with Gasteiger partial charge in [0.15, 0.2) is 0 Å². The number of nitrogens with zero attached hydrogens (tertiary/aromatic N) is 3. The molecule has 0 radical (unpaired) electrons. The van der Waals surface area contributed by atoms with Crippen LogP contribution in [0.2, 0.25) is 0 Å². The van der Waals surface area contributed by atoms with Crippen molar-refractivity contribution in [2.45, 2.75) is 24.3 Å². The number of carbonyl (C=O) groups excluding carboxylic acids is 1. The zero-order valence-corrected chi connectivity index (χ0v) is 20.5. The Morgan fingerprint density at radius 1 is 1.09 bits per heavy atom.